The van der Waals surface area contributed by atoms with Crippen LogP contribution in [0.15, 0.2) is 78.9 Å². The molecule has 0 aliphatic heterocycles. The van der Waals surface area contributed by atoms with Crippen molar-refractivity contribution in [1.29, 1.82) is 5.26 Å². The van der Waals surface area contributed by atoms with E-state index < -0.39 is 0 Å². The molecule has 6 rings (SSSR count). The third-order valence-electron chi connectivity index (χ3n) is 8.84. The number of amides is 2. The molecule has 1 heterocycles. The van der Waals surface area contributed by atoms with Gasteiger partial charge in [-0.15, -0.1) is 0 Å². The number of nitrogens with zero attached hydrogens (tertiary/aromatic N) is 4. The van der Waals surface area contributed by atoms with Gasteiger partial charge < -0.3 is 9.88 Å². The highest BCUT2D eigenvalue weighted by Gasteiger charge is 2.20. The molecular weight excluding hydrogens is 530 g/mol. The minimum absolute atomic E-state index is 0.0514. The van der Waals surface area contributed by atoms with E-state index in [2.05, 4.69) is 59.3 Å². The summed E-state index contributed by atoms with van der Waals surface area (Å²) in [5.41, 5.74) is 6.68. The quantitative estimate of drug-likeness (QED) is 0.203. The van der Waals surface area contributed by atoms with E-state index in [-0.39, 0.29) is 12.1 Å². The molecule has 1 N–H and O–H groups in total. The third-order valence-corrected chi connectivity index (χ3v) is 8.84. The summed E-state index contributed by atoms with van der Waals surface area (Å²) < 4.78 is 2.30. The fraction of sp³-hybridized carbons (Fsp3) is 0.324. The lowest BCUT2D eigenvalue weighted by Gasteiger charge is -2.26. The molecule has 218 valence electrons. The number of hydrogen-bond acceptors (Lipinski definition) is 3. The molecule has 0 atom stereocenters. The lowest BCUT2D eigenvalue weighted by atomic mass is 9.94. The van der Waals surface area contributed by atoms with Crippen LogP contribution in [0, 0.1) is 11.3 Å². The fourth-order valence-corrected chi connectivity index (χ4v) is 6.31. The SMILES string of the molecule is CCCCc1nc2ccc(N(C)C(=O)NC3CCCCC3)cc2n1Cc1ccc(-c2ccc3ccccc3c2C#N)cc1. The van der Waals surface area contributed by atoms with Gasteiger partial charge >= 0.3 is 6.03 Å². The number of fused-ring (bicyclic) bond motifs is 2. The van der Waals surface area contributed by atoms with Crippen molar-refractivity contribution < 1.29 is 4.79 Å². The molecule has 1 aliphatic carbocycles. The molecule has 0 saturated heterocycles. The Morgan fingerprint density at radius 3 is 2.58 bits per heavy atom. The average Bonchev–Trinajstić information content (AvgIpc) is 3.39. The number of imidazole rings is 1. The standard InChI is InChI=1S/C37H39N5O/c1-3-4-14-36-40-34-22-20-30(41(2)37(43)39-29-11-6-5-7-12-29)23-35(34)42(36)25-26-15-17-28(18-16-26)32-21-19-27-10-8-9-13-31(27)33(32)24-38/h8-10,13,15-23,29H,3-7,11-12,14,25H2,1-2H3,(H,39,43). The summed E-state index contributed by atoms with van der Waals surface area (Å²) in [7, 11) is 1.85. The first kappa shape index (κ1) is 28.5. The number of unbranched alkanes of at least 4 members (excludes halogenated alkanes) is 1. The molecule has 1 saturated carbocycles. The molecule has 6 nitrogen and oxygen atoms in total. The Bertz CT molecular complexity index is 1790. The Morgan fingerprint density at radius 1 is 1.02 bits per heavy atom. The minimum atomic E-state index is -0.0514. The monoisotopic (exact) mass is 569 g/mol. The number of anilines is 1. The predicted molar refractivity (Wildman–Crippen MR) is 175 cm³/mol. The first-order valence-corrected chi connectivity index (χ1v) is 15.6. The number of urea groups is 1. The lowest BCUT2D eigenvalue weighted by Crippen LogP contribution is -2.43. The molecule has 5 aromatic rings. The van der Waals surface area contributed by atoms with Crippen molar-refractivity contribution in [3.05, 3.63) is 95.8 Å². The van der Waals surface area contributed by atoms with Crippen LogP contribution in [0.1, 0.15) is 68.8 Å². The van der Waals surface area contributed by atoms with Crippen molar-refractivity contribution in [1.82, 2.24) is 14.9 Å². The summed E-state index contributed by atoms with van der Waals surface area (Å²) in [6, 6.07) is 29.5. The van der Waals surface area contributed by atoms with E-state index in [1.54, 1.807) is 4.90 Å². The summed E-state index contributed by atoms with van der Waals surface area (Å²) in [6.45, 7) is 2.88. The van der Waals surface area contributed by atoms with Crippen LogP contribution in [-0.2, 0) is 13.0 Å². The van der Waals surface area contributed by atoms with E-state index in [9.17, 15) is 10.1 Å². The number of aryl methyl sites for hydroxylation is 1. The van der Waals surface area contributed by atoms with E-state index in [1.807, 2.05) is 49.5 Å². The van der Waals surface area contributed by atoms with Gasteiger partial charge in [-0.05, 0) is 54.0 Å². The van der Waals surface area contributed by atoms with Crippen LogP contribution in [0.4, 0.5) is 10.5 Å². The second-order valence-electron chi connectivity index (χ2n) is 11.8. The van der Waals surface area contributed by atoms with Crippen LogP contribution in [-0.4, -0.2) is 28.7 Å². The van der Waals surface area contributed by atoms with Crippen molar-refractivity contribution in [3.63, 3.8) is 0 Å². The fourth-order valence-electron chi connectivity index (χ4n) is 6.31. The summed E-state index contributed by atoms with van der Waals surface area (Å²) in [6.07, 6.45) is 8.81. The van der Waals surface area contributed by atoms with Gasteiger partial charge in [0.25, 0.3) is 0 Å². The van der Waals surface area contributed by atoms with Crippen molar-refractivity contribution in [2.75, 3.05) is 11.9 Å². The van der Waals surface area contributed by atoms with E-state index in [4.69, 9.17) is 4.98 Å². The van der Waals surface area contributed by atoms with Crippen LogP contribution in [0.3, 0.4) is 0 Å². The molecule has 0 radical (unpaired) electrons. The topological polar surface area (TPSA) is 74.0 Å². The van der Waals surface area contributed by atoms with Crippen LogP contribution in [0.2, 0.25) is 0 Å². The normalized spacial score (nSPS) is 13.7. The zero-order chi connectivity index (χ0) is 29.8. The highest BCUT2D eigenvalue weighted by atomic mass is 16.2. The van der Waals surface area contributed by atoms with Gasteiger partial charge in [0.1, 0.15) is 11.9 Å². The van der Waals surface area contributed by atoms with E-state index in [0.29, 0.717) is 12.1 Å². The molecule has 1 aliphatic rings. The molecule has 6 heteroatoms. The molecule has 0 spiro atoms. The number of nitrogens with one attached hydrogen (secondary N) is 1. The second kappa shape index (κ2) is 12.7. The van der Waals surface area contributed by atoms with Crippen LogP contribution >= 0.6 is 0 Å². The largest absolute Gasteiger partial charge is 0.335 e. The number of rotatable bonds is 8. The Kier molecular flexibility index (Phi) is 8.42. The minimum Gasteiger partial charge on any atom is -0.335 e. The highest BCUT2D eigenvalue weighted by Crippen LogP contribution is 2.31. The number of hydrogen-bond donors (Lipinski definition) is 1. The number of benzene rings is 4. The summed E-state index contributed by atoms with van der Waals surface area (Å²) in [5.74, 6) is 1.06. The maximum absolute atomic E-state index is 13.1. The van der Waals surface area contributed by atoms with Crippen LogP contribution in [0.25, 0.3) is 32.9 Å². The van der Waals surface area contributed by atoms with Gasteiger partial charge in [-0.1, -0.05) is 93.3 Å². The number of carbonyl (C=O) groups excluding carboxylic acids is 1. The molecular formula is C37H39N5O. The zero-order valence-corrected chi connectivity index (χ0v) is 25.1. The third kappa shape index (κ3) is 5.99. The second-order valence-corrected chi connectivity index (χ2v) is 11.8. The first-order chi connectivity index (χ1) is 21.1. The Hall–Kier alpha value is -4.63. The molecule has 2 amide bonds. The van der Waals surface area contributed by atoms with Crippen molar-refractivity contribution in [3.8, 4) is 17.2 Å². The van der Waals surface area contributed by atoms with Gasteiger partial charge in [0.2, 0.25) is 0 Å². The van der Waals surface area contributed by atoms with Crippen molar-refractivity contribution in [2.24, 2.45) is 0 Å². The van der Waals surface area contributed by atoms with Gasteiger partial charge in [-0.3, -0.25) is 4.90 Å². The maximum atomic E-state index is 13.1. The summed E-state index contributed by atoms with van der Waals surface area (Å²) in [5, 5.41) is 15.3. The van der Waals surface area contributed by atoms with Crippen molar-refractivity contribution >= 4 is 33.5 Å². The Labute approximate surface area is 254 Å². The highest BCUT2D eigenvalue weighted by molar-refractivity contribution is 5.95. The summed E-state index contributed by atoms with van der Waals surface area (Å²) >= 11 is 0. The van der Waals surface area contributed by atoms with Crippen LogP contribution in [0.5, 0.6) is 0 Å². The Balaban J connectivity index is 1.29. The van der Waals surface area contributed by atoms with Gasteiger partial charge in [-0.25, -0.2) is 9.78 Å². The maximum Gasteiger partial charge on any atom is 0.321 e. The van der Waals surface area contributed by atoms with Gasteiger partial charge in [0.05, 0.1) is 16.6 Å². The van der Waals surface area contributed by atoms with Gasteiger partial charge in [0, 0.05) is 42.7 Å². The van der Waals surface area contributed by atoms with Crippen LogP contribution < -0.4 is 10.2 Å². The molecule has 1 aromatic heterocycles. The summed E-state index contributed by atoms with van der Waals surface area (Å²) in [4.78, 5) is 19.8. The van der Waals surface area contributed by atoms with E-state index in [1.165, 1.54) is 19.3 Å². The lowest BCUT2D eigenvalue weighted by molar-refractivity contribution is 0.239. The van der Waals surface area contributed by atoms with E-state index >= 15 is 0 Å². The number of nitriles is 1. The van der Waals surface area contributed by atoms with Gasteiger partial charge in [-0.2, -0.15) is 5.26 Å². The number of carbonyl (C=O) groups is 1. The smallest absolute Gasteiger partial charge is 0.321 e. The zero-order valence-electron chi connectivity index (χ0n) is 25.1. The molecule has 0 unspecified atom stereocenters. The van der Waals surface area contributed by atoms with Crippen molar-refractivity contribution in [2.45, 2.75) is 70.9 Å². The van der Waals surface area contributed by atoms with Gasteiger partial charge in [0.15, 0.2) is 0 Å². The average molecular weight is 570 g/mol. The predicted octanol–water partition coefficient (Wildman–Crippen LogP) is 8.60. The molecule has 1 fully saturated rings. The molecule has 0 bridgehead atoms. The Morgan fingerprint density at radius 2 is 1.81 bits per heavy atom. The molecule has 4 aromatic carbocycles. The van der Waals surface area contributed by atoms with E-state index in [0.717, 1.165) is 82.1 Å². The molecule has 43 heavy (non-hydrogen) atoms. The number of aromatic nitrogens is 2. The first-order valence-electron chi connectivity index (χ1n) is 15.6.